The van der Waals surface area contributed by atoms with Crippen LogP contribution in [0.1, 0.15) is 168 Å². The topological polar surface area (TPSA) is 250 Å². The molecule has 3 saturated carbocycles. The lowest BCUT2D eigenvalue weighted by Gasteiger charge is -2.54. The first kappa shape index (κ1) is 64.7. The molecule has 478 valence electrons. The molecule has 12 unspecified atom stereocenters. The van der Waals surface area contributed by atoms with Crippen molar-refractivity contribution >= 4 is 33.3 Å². The van der Waals surface area contributed by atoms with Gasteiger partial charge >= 0.3 is 0 Å². The second kappa shape index (κ2) is 27.9. The van der Waals surface area contributed by atoms with E-state index in [0.29, 0.717) is 77.3 Å². The fraction of sp³-hybridized carbons (Fsp3) is 0.657. The highest BCUT2D eigenvalue weighted by Gasteiger charge is 2.58. The van der Waals surface area contributed by atoms with Crippen molar-refractivity contribution in [1.82, 2.24) is 16.0 Å². The molecule has 12 atom stereocenters. The Kier molecular flexibility index (Phi) is 20.5. The first-order chi connectivity index (χ1) is 42.5. The summed E-state index contributed by atoms with van der Waals surface area (Å²) in [5, 5.41) is 78.6. The van der Waals surface area contributed by atoms with E-state index in [-0.39, 0.29) is 102 Å². The summed E-state index contributed by atoms with van der Waals surface area (Å²) in [6, 6.07) is 10.8. The van der Waals surface area contributed by atoms with E-state index in [1.807, 2.05) is 19.2 Å². The number of ketones is 1. The number of aliphatic imine (C=N–C) groups is 1. The lowest BCUT2D eigenvalue weighted by atomic mass is 9.55. The van der Waals surface area contributed by atoms with E-state index in [4.69, 9.17) is 29.7 Å². The van der Waals surface area contributed by atoms with Crippen LogP contribution in [0.25, 0.3) is 0 Å². The van der Waals surface area contributed by atoms with Crippen molar-refractivity contribution in [2.45, 2.75) is 197 Å². The monoisotopic (exact) mass is 1250 g/mol. The Hall–Kier alpha value is -4.86. The summed E-state index contributed by atoms with van der Waals surface area (Å²) in [4.78, 5) is 18.7. The van der Waals surface area contributed by atoms with Crippen LogP contribution in [-0.2, 0) is 41.6 Å². The number of nitrogens with zero attached hydrogens (tertiary/aromatic N) is 1. The molecule has 12 rings (SSSR count). The second-order valence-corrected chi connectivity index (χ2v) is 30.3. The van der Waals surface area contributed by atoms with Crippen LogP contribution in [0.2, 0.25) is 0 Å². The predicted molar refractivity (Wildman–Crippen MR) is 345 cm³/mol. The van der Waals surface area contributed by atoms with Crippen molar-refractivity contribution < 1.29 is 54.4 Å². The number of phenolic OH excluding ortho intramolecular Hbond substituents is 2. The second-order valence-electron chi connectivity index (χ2n) is 27.8. The van der Waals surface area contributed by atoms with Crippen molar-refractivity contribution in [2.24, 2.45) is 50.6 Å². The average Bonchev–Trinajstić information content (AvgIpc) is 1.48. The predicted octanol–water partition coefficient (Wildman–Crippen LogP) is 8.72. The lowest BCUT2D eigenvalue weighted by Crippen LogP contribution is -2.59. The van der Waals surface area contributed by atoms with Crippen LogP contribution in [0.5, 0.6) is 28.7 Å². The number of aryl methyl sites for hydroxylation is 2. The molecule has 4 heterocycles. The Bertz CT molecular complexity index is 3150. The molecule has 0 amide bonds. The van der Waals surface area contributed by atoms with Gasteiger partial charge in [-0.2, -0.15) is 0 Å². The minimum absolute atomic E-state index is 0.0198. The number of aliphatic hydroxyl groups excluding tert-OH is 4. The van der Waals surface area contributed by atoms with Gasteiger partial charge < -0.3 is 66.0 Å². The summed E-state index contributed by atoms with van der Waals surface area (Å²) in [5.74, 6) is 16.9. The molecule has 3 fully saturated rings. The normalized spacial score (nSPS) is 31.9. The number of hydrogen-bond acceptors (Lipinski definition) is 18. The maximum absolute atomic E-state index is 13.6. The van der Waals surface area contributed by atoms with Crippen molar-refractivity contribution in [3.63, 3.8) is 0 Å². The Morgan fingerprint density at radius 3 is 2.45 bits per heavy atom. The summed E-state index contributed by atoms with van der Waals surface area (Å²) < 4.78 is 26.1. The standard InChI is InChI=1S/C70H95N5O11S2/c1-43(2)59-38-88-87-37-57-56-32-55-45-13-17-51(79)30-50(78)16-12-44-15-19-60(81)63(85-42-77)53(44)10-7-9-46(29-45)62(64(55)86-65(56)82)84-41-73-70(24-8-11-58(57)74-66(71)75-59)40-68(26-21-49(70)34-69(22-5-6-23-69)61(36-76)83-4)28-27-67(39-68)25-20-48(35-72-3)54-31-52(80)18-14-47(54)33-67/h14-15,18-19,29,31,43,48-49,51,56-59,61,65,72-73,76-77,79-82H,5-6,9,12-13,16-17,20-28,30,32-42H2,1-4H3,(H3,71,74,75). The molecule has 16 nitrogen and oxygen atoms in total. The minimum Gasteiger partial charge on any atom is -0.508 e. The molecule has 3 spiro atoms. The molecule has 0 saturated heterocycles. The van der Waals surface area contributed by atoms with Crippen LogP contribution in [0.3, 0.4) is 0 Å². The number of nitrogens with one attached hydrogen (secondary N) is 3. The van der Waals surface area contributed by atoms with E-state index in [1.54, 1.807) is 34.8 Å². The zero-order valence-corrected chi connectivity index (χ0v) is 53.7. The van der Waals surface area contributed by atoms with E-state index in [2.05, 4.69) is 65.6 Å². The summed E-state index contributed by atoms with van der Waals surface area (Å²) in [6.07, 6.45) is 13.8. The van der Waals surface area contributed by atoms with E-state index >= 15 is 0 Å². The number of Topliss-reactive ketones (excluding diaryl/α,β-unsaturated/α-hetero) is 1. The number of likely N-dealkylation sites (N-methyl/N-ethyl adjacent to an activating group) is 1. The van der Waals surface area contributed by atoms with Crippen LogP contribution >= 0.6 is 21.6 Å². The number of hydrogen-bond donors (Lipinski definition) is 10. The first-order valence-electron chi connectivity index (χ1n) is 32.6. The van der Waals surface area contributed by atoms with Gasteiger partial charge in [-0.15, -0.1) is 0 Å². The molecule has 9 aliphatic rings. The number of fused-ring (bicyclic) bond motifs is 8. The third-order valence-electron chi connectivity index (χ3n) is 22.0. The molecular formula is C70H95N5O11S2. The smallest absolute Gasteiger partial charge is 0.201 e. The van der Waals surface area contributed by atoms with Crippen LogP contribution < -0.4 is 35.9 Å². The fourth-order valence-corrected chi connectivity index (χ4v) is 20.3. The molecule has 3 aromatic rings. The SMILES string of the molecule is CNCC1CCC2(CCC3(CCC(CC4(C(CO)OC)CCCC4)C4(CC#CC5NC(N)=NC(C(C)C)CSSCC5C5Cc6c7cc(c(c6OC5O)OCN4)CC#Cc4c(ccc(O)c4OCO)CCC(=O)CC(O)CC7)C3)C2)Cc2ccc(O)cc21. The lowest BCUT2D eigenvalue weighted by molar-refractivity contribution is -0.121. The van der Waals surface area contributed by atoms with Gasteiger partial charge in [0.1, 0.15) is 18.3 Å². The molecule has 3 aromatic carbocycles. The third kappa shape index (κ3) is 13.8. The number of nitrogens with two attached hydrogens (primary N) is 1. The maximum Gasteiger partial charge on any atom is 0.201 e. The van der Waals surface area contributed by atoms with E-state index in [1.165, 1.54) is 17.2 Å². The molecule has 18 heteroatoms. The van der Waals surface area contributed by atoms with Gasteiger partial charge in [0.2, 0.25) is 6.29 Å². The number of aromatic hydroxyl groups is 2. The maximum atomic E-state index is 13.6. The highest BCUT2D eigenvalue weighted by molar-refractivity contribution is 8.76. The third-order valence-corrected chi connectivity index (χ3v) is 24.5. The Labute approximate surface area is 528 Å². The number of carbonyl (C=O) groups excluding carboxylic acids is 1. The van der Waals surface area contributed by atoms with E-state index in [0.717, 1.165) is 113 Å². The van der Waals surface area contributed by atoms with Crippen LogP contribution in [0, 0.1) is 63.6 Å². The molecule has 4 aliphatic heterocycles. The number of phenols is 2. The number of ether oxygens (including phenoxy) is 4. The summed E-state index contributed by atoms with van der Waals surface area (Å²) in [5.41, 5.74) is 12.3. The van der Waals surface area contributed by atoms with Gasteiger partial charge in [0.25, 0.3) is 0 Å². The van der Waals surface area contributed by atoms with Gasteiger partial charge in [-0.1, -0.05) is 90.2 Å². The van der Waals surface area contributed by atoms with Gasteiger partial charge in [-0.25, -0.2) is 4.99 Å². The Balaban J connectivity index is 1.06. The van der Waals surface area contributed by atoms with E-state index < -0.39 is 36.7 Å². The number of carbonyl (C=O) groups is 1. The molecular weight excluding hydrogens is 1150 g/mol. The largest absolute Gasteiger partial charge is 0.508 e. The highest BCUT2D eigenvalue weighted by Crippen LogP contribution is 2.65. The molecule has 88 heavy (non-hydrogen) atoms. The minimum atomic E-state index is -1.28. The van der Waals surface area contributed by atoms with Crippen LogP contribution in [0.15, 0.2) is 41.4 Å². The highest BCUT2D eigenvalue weighted by atomic mass is 33.1. The van der Waals surface area contributed by atoms with Crippen molar-refractivity contribution in [1.29, 1.82) is 0 Å². The van der Waals surface area contributed by atoms with Crippen LogP contribution in [0.4, 0.5) is 0 Å². The molecule has 0 radical (unpaired) electrons. The summed E-state index contributed by atoms with van der Waals surface area (Å²) >= 11 is 0. The summed E-state index contributed by atoms with van der Waals surface area (Å²) in [6.45, 7) is 4.50. The fourth-order valence-electron chi connectivity index (χ4n) is 17.4. The quantitative estimate of drug-likeness (QED) is 0.0518. The van der Waals surface area contributed by atoms with Gasteiger partial charge in [0.05, 0.1) is 36.5 Å². The van der Waals surface area contributed by atoms with Crippen LogP contribution in [-0.4, -0.2) is 131 Å². The molecule has 0 aromatic heterocycles. The zero-order chi connectivity index (χ0) is 61.8. The number of rotatable bonds is 10. The molecule has 6 bridgehead atoms. The van der Waals surface area contributed by atoms with Gasteiger partial charge in [0, 0.05) is 79.3 Å². The number of methoxy groups -OCH3 is 1. The average molecular weight is 1250 g/mol. The van der Waals surface area contributed by atoms with Crippen molar-refractivity contribution in [2.75, 3.05) is 52.3 Å². The van der Waals surface area contributed by atoms with E-state index in [9.17, 15) is 35.4 Å². The molecule has 11 N–H and O–H groups in total. The van der Waals surface area contributed by atoms with Gasteiger partial charge in [-0.05, 0) is 184 Å². The number of aliphatic hydroxyl groups is 4. The summed E-state index contributed by atoms with van der Waals surface area (Å²) in [7, 11) is 7.29. The van der Waals surface area contributed by atoms with Crippen molar-refractivity contribution in [3.8, 4) is 52.4 Å². The Morgan fingerprint density at radius 1 is 0.875 bits per heavy atom. The van der Waals surface area contributed by atoms with Gasteiger partial charge in [0.15, 0.2) is 35.8 Å². The zero-order valence-electron chi connectivity index (χ0n) is 52.1. The Morgan fingerprint density at radius 2 is 1.67 bits per heavy atom. The van der Waals surface area contributed by atoms with Gasteiger partial charge in [-0.3, -0.25) is 10.1 Å². The number of benzene rings is 3. The number of guanidine groups is 1. The first-order valence-corrected chi connectivity index (χ1v) is 35.1. The van der Waals surface area contributed by atoms with Crippen molar-refractivity contribution in [3.05, 3.63) is 75.3 Å². The molecule has 5 aliphatic carbocycles.